The average Bonchev–Trinajstić information content (AvgIpc) is 2.38. The number of amides is 1. The quantitative estimate of drug-likeness (QED) is 0.740. The Balaban J connectivity index is 2.01. The molecule has 16 heavy (non-hydrogen) atoms. The van der Waals surface area contributed by atoms with Gasteiger partial charge in [-0.3, -0.25) is 9.69 Å². The first kappa shape index (κ1) is 11.9. The van der Waals surface area contributed by atoms with E-state index in [-0.39, 0.29) is 0 Å². The van der Waals surface area contributed by atoms with Gasteiger partial charge in [0.1, 0.15) is 0 Å². The van der Waals surface area contributed by atoms with Crippen molar-refractivity contribution in [2.45, 2.75) is 56.9 Å². The molecular formula is C13H24N2O. The van der Waals surface area contributed by atoms with E-state index in [0.29, 0.717) is 5.54 Å². The monoisotopic (exact) mass is 224 g/mol. The molecular weight excluding hydrogens is 200 g/mol. The average molecular weight is 224 g/mol. The van der Waals surface area contributed by atoms with Crippen molar-refractivity contribution in [1.82, 2.24) is 10.2 Å². The molecule has 1 N–H and O–H groups in total. The summed E-state index contributed by atoms with van der Waals surface area (Å²) in [4.78, 5) is 13.2. The van der Waals surface area contributed by atoms with Gasteiger partial charge in [-0.25, -0.2) is 0 Å². The van der Waals surface area contributed by atoms with E-state index in [4.69, 9.17) is 0 Å². The summed E-state index contributed by atoms with van der Waals surface area (Å²) in [7, 11) is 0. The van der Waals surface area contributed by atoms with Crippen LogP contribution in [-0.4, -0.2) is 36.5 Å². The maximum atomic E-state index is 10.5. The Labute approximate surface area is 98.6 Å². The Morgan fingerprint density at radius 2 is 1.62 bits per heavy atom. The van der Waals surface area contributed by atoms with Crippen molar-refractivity contribution in [3.8, 4) is 0 Å². The van der Waals surface area contributed by atoms with Gasteiger partial charge in [-0.15, -0.1) is 0 Å². The minimum Gasteiger partial charge on any atom is -0.357 e. The normalized spacial score (nSPS) is 26.2. The van der Waals surface area contributed by atoms with E-state index in [0.717, 1.165) is 13.0 Å². The molecule has 92 valence electrons. The minimum absolute atomic E-state index is 0.291. The highest BCUT2D eigenvalue weighted by molar-refractivity contribution is 5.46. The largest absolute Gasteiger partial charge is 0.357 e. The third-order valence-corrected chi connectivity index (χ3v) is 4.33. The van der Waals surface area contributed by atoms with Crippen LogP contribution in [0.3, 0.4) is 0 Å². The van der Waals surface area contributed by atoms with E-state index >= 15 is 0 Å². The molecule has 0 bridgehead atoms. The topological polar surface area (TPSA) is 32.3 Å². The maximum absolute atomic E-state index is 10.5. The zero-order valence-corrected chi connectivity index (χ0v) is 10.2. The molecule has 0 spiro atoms. The summed E-state index contributed by atoms with van der Waals surface area (Å²) >= 11 is 0. The van der Waals surface area contributed by atoms with Crippen molar-refractivity contribution in [3.63, 3.8) is 0 Å². The second kappa shape index (κ2) is 5.67. The first-order valence-electron chi connectivity index (χ1n) is 6.79. The van der Waals surface area contributed by atoms with E-state index in [9.17, 15) is 4.79 Å². The highest BCUT2D eigenvalue weighted by Crippen LogP contribution is 2.34. The van der Waals surface area contributed by atoms with Crippen LogP contribution in [0.4, 0.5) is 0 Å². The molecule has 1 heterocycles. The molecule has 1 aliphatic carbocycles. The Morgan fingerprint density at radius 1 is 1.00 bits per heavy atom. The predicted molar refractivity (Wildman–Crippen MR) is 65.3 cm³/mol. The molecule has 0 atom stereocenters. The van der Waals surface area contributed by atoms with Crippen molar-refractivity contribution in [2.75, 3.05) is 19.6 Å². The lowest BCUT2D eigenvalue weighted by Crippen LogP contribution is -2.57. The summed E-state index contributed by atoms with van der Waals surface area (Å²) in [5.74, 6) is 0. The zero-order chi connectivity index (χ0) is 11.3. The van der Waals surface area contributed by atoms with Crippen LogP contribution < -0.4 is 5.32 Å². The van der Waals surface area contributed by atoms with Crippen LogP contribution in [0.25, 0.3) is 0 Å². The zero-order valence-electron chi connectivity index (χ0n) is 10.2. The number of likely N-dealkylation sites (tertiary alicyclic amines) is 1. The fourth-order valence-corrected chi connectivity index (χ4v) is 3.41. The predicted octanol–water partition coefficient (Wildman–Crippen LogP) is 1.92. The number of hydrogen-bond acceptors (Lipinski definition) is 2. The van der Waals surface area contributed by atoms with E-state index in [1.165, 1.54) is 64.5 Å². The number of piperidine rings is 1. The first-order chi connectivity index (χ1) is 7.87. The smallest absolute Gasteiger partial charge is 0.207 e. The third-order valence-electron chi connectivity index (χ3n) is 4.33. The highest BCUT2D eigenvalue weighted by Gasteiger charge is 2.37. The van der Waals surface area contributed by atoms with E-state index in [1.807, 2.05) is 0 Å². The molecule has 3 heteroatoms. The summed E-state index contributed by atoms with van der Waals surface area (Å²) in [6.07, 6.45) is 11.5. The lowest BCUT2D eigenvalue weighted by Gasteiger charge is -2.48. The standard InChI is InChI=1S/C13H24N2O/c16-12-14-11-13(7-3-1-4-8-13)15-9-5-2-6-10-15/h12H,1-11H2,(H,14,16). The Morgan fingerprint density at radius 3 is 2.25 bits per heavy atom. The van der Waals surface area contributed by atoms with Crippen molar-refractivity contribution in [3.05, 3.63) is 0 Å². The van der Waals surface area contributed by atoms with Gasteiger partial charge < -0.3 is 5.32 Å². The molecule has 0 aromatic rings. The number of hydrogen-bond donors (Lipinski definition) is 1. The number of rotatable bonds is 4. The number of carbonyl (C=O) groups excluding carboxylic acids is 1. The second-order valence-corrected chi connectivity index (χ2v) is 5.33. The third kappa shape index (κ3) is 2.57. The lowest BCUT2D eigenvalue weighted by atomic mass is 9.79. The molecule has 0 radical (unpaired) electrons. The van der Waals surface area contributed by atoms with Crippen molar-refractivity contribution < 1.29 is 4.79 Å². The van der Waals surface area contributed by atoms with Crippen molar-refractivity contribution >= 4 is 6.41 Å². The highest BCUT2D eigenvalue weighted by atomic mass is 16.1. The van der Waals surface area contributed by atoms with Gasteiger partial charge in [0.25, 0.3) is 0 Å². The number of carbonyl (C=O) groups is 1. The van der Waals surface area contributed by atoms with Gasteiger partial charge in [0.05, 0.1) is 0 Å². The van der Waals surface area contributed by atoms with Crippen LogP contribution >= 0.6 is 0 Å². The van der Waals surface area contributed by atoms with Gasteiger partial charge in [-0.2, -0.15) is 0 Å². The van der Waals surface area contributed by atoms with E-state index in [1.54, 1.807) is 0 Å². The summed E-state index contributed by atoms with van der Waals surface area (Å²) in [5.41, 5.74) is 0.291. The molecule has 0 aromatic heterocycles. The van der Waals surface area contributed by atoms with Crippen molar-refractivity contribution in [2.24, 2.45) is 0 Å². The van der Waals surface area contributed by atoms with Gasteiger partial charge in [-0.1, -0.05) is 25.7 Å². The van der Waals surface area contributed by atoms with Crippen LogP contribution in [0, 0.1) is 0 Å². The molecule has 2 rings (SSSR count). The molecule has 2 fully saturated rings. The first-order valence-corrected chi connectivity index (χ1v) is 6.79. The minimum atomic E-state index is 0.291. The van der Waals surface area contributed by atoms with Gasteiger partial charge in [0, 0.05) is 12.1 Å². The van der Waals surface area contributed by atoms with Crippen LogP contribution in [0.1, 0.15) is 51.4 Å². The van der Waals surface area contributed by atoms with Gasteiger partial charge in [0.2, 0.25) is 6.41 Å². The summed E-state index contributed by atoms with van der Waals surface area (Å²) < 4.78 is 0. The van der Waals surface area contributed by atoms with E-state index in [2.05, 4.69) is 10.2 Å². The second-order valence-electron chi connectivity index (χ2n) is 5.33. The number of nitrogens with zero attached hydrogens (tertiary/aromatic N) is 1. The van der Waals surface area contributed by atoms with Crippen LogP contribution in [0.2, 0.25) is 0 Å². The number of nitrogens with one attached hydrogen (secondary N) is 1. The maximum Gasteiger partial charge on any atom is 0.207 e. The summed E-state index contributed by atoms with van der Waals surface area (Å²) in [6.45, 7) is 3.33. The van der Waals surface area contributed by atoms with Gasteiger partial charge in [0.15, 0.2) is 0 Å². The summed E-state index contributed by atoms with van der Waals surface area (Å²) in [5, 5.41) is 2.93. The van der Waals surface area contributed by atoms with Crippen LogP contribution in [0.5, 0.6) is 0 Å². The Kier molecular flexibility index (Phi) is 4.22. The van der Waals surface area contributed by atoms with Crippen molar-refractivity contribution in [1.29, 1.82) is 0 Å². The molecule has 2 aliphatic rings. The molecule has 1 saturated heterocycles. The molecule has 3 nitrogen and oxygen atoms in total. The Hall–Kier alpha value is -0.570. The fourth-order valence-electron chi connectivity index (χ4n) is 3.41. The Bertz CT molecular complexity index is 218. The molecule has 0 aromatic carbocycles. The van der Waals surface area contributed by atoms with Gasteiger partial charge >= 0.3 is 0 Å². The van der Waals surface area contributed by atoms with Gasteiger partial charge in [-0.05, 0) is 38.8 Å². The van der Waals surface area contributed by atoms with Crippen LogP contribution in [-0.2, 0) is 4.79 Å². The molecule has 1 aliphatic heterocycles. The SMILES string of the molecule is O=CNCC1(N2CCCCC2)CCCCC1. The summed E-state index contributed by atoms with van der Waals surface area (Å²) in [6, 6.07) is 0. The van der Waals surface area contributed by atoms with Crippen LogP contribution in [0.15, 0.2) is 0 Å². The fraction of sp³-hybridized carbons (Fsp3) is 0.923. The molecule has 0 unspecified atom stereocenters. The molecule has 1 saturated carbocycles. The lowest BCUT2D eigenvalue weighted by molar-refractivity contribution is -0.110. The van der Waals surface area contributed by atoms with E-state index < -0.39 is 0 Å². The molecule has 1 amide bonds.